The average molecular weight is 229 g/mol. The SMILES string of the molecule is CNCCC(=O)NC(C)C(=O)NC(C)(C)C. The van der Waals surface area contributed by atoms with Gasteiger partial charge < -0.3 is 16.0 Å². The van der Waals surface area contributed by atoms with Crippen LogP contribution in [0.5, 0.6) is 0 Å². The summed E-state index contributed by atoms with van der Waals surface area (Å²) in [5, 5.41) is 8.34. The summed E-state index contributed by atoms with van der Waals surface area (Å²) < 4.78 is 0. The molecule has 0 saturated heterocycles. The lowest BCUT2D eigenvalue weighted by molar-refractivity contribution is -0.129. The first-order valence-electron chi connectivity index (χ1n) is 5.52. The Bertz CT molecular complexity index is 246. The molecule has 0 saturated carbocycles. The molecule has 0 spiro atoms. The quantitative estimate of drug-likeness (QED) is 0.622. The molecule has 0 aliphatic carbocycles. The van der Waals surface area contributed by atoms with Crippen molar-refractivity contribution in [3.8, 4) is 0 Å². The zero-order valence-corrected chi connectivity index (χ0v) is 10.8. The highest BCUT2D eigenvalue weighted by molar-refractivity contribution is 5.87. The Morgan fingerprint density at radius 1 is 1.25 bits per heavy atom. The molecule has 5 nitrogen and oxygen atoms in total. The minimum atomic E-state index is -0.497. The van der Waals surface area contributed by atoms with E-state index in [0.29, 0.717) is 13.0 Å². The smallest absolute Gasteiger partial charge is 0.242 e. The first kappa shape index (κ1) is 14.9. The van der Waals surface area contributed by atoms with E-state index in [4.69, 9.17) is 0 Å². The van der Waals surface area contributed by atoms with Crippen molar-refractivity contribution in [1.29, 1.82) is 0 Å². The zero-order valence-electron chi connectivity index (χ0n) is 10.8. The van der Waals surface area contributed by atoms with Crippen LogP contribution in [-0.4, -0.2) is 37.0 Å². The lowest BCUT2D eigenvalue weighted by Crippen LogP contribution is -2.51. The molecule has 16 heavy (non-hydrogen) atoms. The van der Waals surface area contributed by atoms with Crippen LogP contribution in [0.2, 0.25) is 0 Å². The van der Waals surface area contributed by atoms with Crippen LogP contribution in [0, 0.1) is 0 Å². The third-order valence-electron chi connectivity index (χ3n) is 1.87. The number of amides is 2. The highest BCUT2D eigenvalue weighted by Gasteiger charge is 2.20. The van der Waals surface area contributed by atoms with Crippen LogP contribution in [0.1, 0.15) is 34.1 Å². The van der Waals surface area contributed by atoms with E-state index in [1.165, 1.54) is 0 Å². The summed E-state index contributed by atoms with van der Waals surface area (Å²) in [5.41, 5.74) is -0.277. The molecule has 0 radical (unpaired) electrons. The highest BCUT2D eigenvalue weighted by atomic mass is 16.2. The van der Waals surface area contributed by atoms with E-state index in [2.05, 4.69) is 16.0 Å². The fraction of sp³-hybridized carbons (Fsp3) is 0.818. The molecule has 1 unspecified atom stereocenters. The summed E-state index contributed by atoms with van der Waals surface area (Å²) >= 11 is 0. The molecule has 0 aromatic carbocycles. The van der Waals surface area contributed by atoms with E-state index in [0.717, 1.165) is 0 Å². The van der Waals surface area contributed by atoms with Gasteiger partial charge in [-0.05, 0) is 34.7 Å². The van der Waals surface area contributed by atoms with E-state index in [1.54, 1.807) is 14.0 Å². The summed E-state index contributed by atoms with van der Waals surface area (Å²) in [6.07, 6.45) is 0.379. The maximum atomic E-state index is 11.6. The van der Waals surface area contributed by atoms with Gasteiger partial charge in [0.15, 0.2) is 0 Å². The number of carbonyl (C=O) groups excluding carboxylic acids is 2. The summed E-state index contributed by atoms with van der Waals surface area (Å²) in [6.45, 7) is 8.00. The molecule has 5 heteroatoms. The van der Waals surface area contributed by atoms with Gasteiger partial charge in [-0.2, -0.15) is 0 Å². The van der Waals surface area contributed by atoms with Crippen molar-refractivity contribution < 1.29 is 9.59 Å². The maximum Gasteiger partial charge on any atom is 0.242 e. The average Bonchev–Trinajstić information content (AvgIpc) is 2.11. The Balaban J connectivity index is 4.01. The molecule has 0 aromatic heterocycles. The summed E-state index contributed by atoms with van der Waals surface area (Å²) in [6, 6.07) is -0.497. The maximum absolute atomic E-state index is 11.6. The Morgan fingerprint density at radius 3 is 2.25 bits per heavy atom. The molecule has 0 aliphatic heterocycles. The van der Waals surface area contributed by atoms with Gasteiger partial charge in [0.05, 0.1) is 0 Å². The second-order valence-corrected chi connectivity index (χ2v) is 4.88. The van der Waals surface area contributed by atoms with Gasteiger partial charge in [0.1, 0.15) is 6.04 Å². The summed E-state index contributed by atoms with van der Waals surface area (Å²) in [5.74, 6) is -0.281. The molecule has 2 amide bonds. The van der Waals surface area contributed by atoms with E-state index < -0.39 is 6.04 Å². The topological polar surface area (TPSA) is 70.2 Å². The summed E-state index contributed by atoms with van der Waals surface area (Å²) in [4.78, 5) is 23.0. The number of nitrogens with one attached hydrogen (secondary N) is 3. The minimum Gasteiger partial charge on any atom is -0.350 e. The molecular formula is C11H23N3O2. The fourth-order valence-electron chi connectivity index (χ4n) is 1.10. The van der Waals surface area contributed by atoms with Crippen LogP contribution < -0.4 is 16.0 Å². The fourth-order valence-corrected chi connectivity index (χ4v) is 1.10. The third-order valence-corrected chi connectivity index (χ3v) is 1.87. The molecule has 94 valence electrons. The normalized spacial score (nSPS) is 13.1. The lowest BCUT2D eigenvalue weighted by Gasteiger charge is -2.23. The van der Waals surface area contributed by atoms with Gasteiger partial charge in [-0.3, -0.25) is 9.59 Å². The lowest BCUT2D eigenvalue weighted by atomic mass is 10.1. The van der Waals surface area contributed by atoms with Gasteiger partial charge in [0.2, 0.25) is 11.8 Å². The van der Waals surface area contributed by atoms with Crippen molar-refractivity contribution in [2.24, 2.45) is 0 Å². The van der Waals surface area contributed by atoms with Crippen molar-refractivity contribution in [1.82, 2.24) is 16.0 Å². The monoisotopic (exact) mass is 229 g/mol. The number of rotatable bonds is 5. The predicted octanol–water partition coefficient (Wildman–Crippen LogP) is 0.0153. The van der Waals surface area contributed by atoms with Gasteiger partial charge in [0.25, 0.3) is 0 Å². The Hall–Kier alpha value is -1.10. The third kappa shape index (κ3) is 7.23. The second-order valence-electron chi connectivity index (χ2n) is 4.88. The molecule has 0 rings (SSSR count). The van der Waals surface area contributed by atoms with Crippen LogP contribution in [0.3, 0.4) is 0 Å². The summed E-state index contributed by atoms with van der Waals surface area (Å²) in [7, 11) is 1.78. The highest BCUT2D eigenvalue weighted by Crippen LogP contribution is 1.99. The van der Waals surface area contributed by atoms with Crippen molar-refractivity contribution in [2.75, 3.05) is 13.6 Å². The molecule has 3 N–H and O–H groups in total. The van der Waals surface area contributed by atoms with Crippen LogP contribution in [-0.2, 0) is 9.59 Å². The first-order chi connectivity index (χ1) is 7.26. The molecular weight excluding hydrogens is 206 g/mol. The number of hydrogen-bond acceptors (Lipinski definition) is 3. The van der Waals surface area contributed by atoms with Crippen molar-refractivity contribution >= 4 is 11.8 Å². The van der Waals surface area contributed by atoms with E-state index in [9.17, 15) is 9.59 Å². The first-order valence-corrected chi connectivity index (χ1v) is 5.52. The Labute approximate surface area is 97.4 Å². The van der Waals surface area contributed by atoms with Crippen molar-refractivity contribution in [2.45, 2.75) is 45.7 Å². The Morgan fingerprint density at radius 2 is 1.81 bits per heavy atom. The molecule has 0 bridgehead atoms. The van der Waals surface area contributed by atoms with E-state index in [-0.39, 0.29) is 17.4 Å². The largest absolute Gasteiger partial charge is 0.350 e. The number of hydrogen-bond donors (Lipinski definition) is 3. The molecule has 0 aliphatic rings. The second kappa shape index (κ2) is 6.48. The van der Waals surface area contributed by atoms with Gasteiger partial charge in [-0.1, -0.05) is 0 Å². The van der Waals surface area contributed by atoms with Gasteiger partial charge in [-0.25, -0.2) is 0 Å². The zero-order chi connectivity index (χ0) is 12.8. The molecule has 0 heterocycles. The Kier molecular flexibility index (Phi) is 6.03. The van der Waals surface area contributed by atoms with Crippen LogP contribution in [0.25, 0.3) is 0 Å². The van der Waals surface area contributed by atoms with Crippen LogP contribution in [0.4, 0.5) is 0 Å². The van der Waals surface area contributed by atoms with E-state index in [1.807, 2.05) is 20.8 Å². The van der Waals surface area contributed by atoms with Crippen LogP contribution >= 0.6 is 0 Å². The van der Waals surface area contributed by atoms with Crippen LogP contribution in [0.15, 0.2) is 0 Å². The number of carbonyl (C=O) groups is 2. The van der Waals surface area contributed by atoms with Crippen molar-refractivity contribution in [3.05, 3.63) is 0 Å². The van der Waals surface area contributed by atoms with Crippen molar-refractivity contribution in [3.63, 3.8) is 0 Å². The van der Waals surface area contributed by atoms with Gasteiger partial charge in [-0.15, -0.1) is 0 Å². The predicted molar refractivity (Wildman–Crippen MR) is 64.0 cm³/mol. The standard InChI is InChI=1S/C11H23N3O2/c1-8(10(16)14-11(2,3)4)13-9(15)6-7-12-5/h8,12H,6-7H2,1-5H3,(H,13,15)(H,14,16). The molecule has 1 atom stereocenters. The van der Waals surface area contributed by atoms with E-state index >= 15 is 0 Å². The minimum absolute atomic E-state index is 0.120. The van der Waals surface area contributed by atoms with Gasteiger partial charge in [0, 0.05) is 18.5 Å². The molecule has 0 fully saturated rings. The van der Waals surface area contributed by atoms with Gasteiger partial charge >= 0.3 is 0 Å². The molecule has 0 aromatic rings.